The number of hydrogen-bond donors (Lipinski definition) is 3. The fourth-order valence-electron chi connectivity index (χ4n) is 1.37. The lowest BCUT2D eigenvalue weighted by molar-refractivity contribution is -0.154. The number of amidine groups is 1. The third-order valence-corrected chi connectivity index (χ3v) is 2.34. The Balaban J connectivity index is 2.39. The van der Waals surface area contributed by atoms with Gasteiger partial charge in [-0.05, 0) is 12.1 Å². The summed E-state index contributed by atoms with van der Waals surface area (Å²) in [6.07, 6.45) is -2.59. The van der Waals surface area contributed by atoms with Crippen LogP contribution in [0, 0.1) is 5.92 Å². The van der Waals surface area contributed by atoms with E-state index < -0.39 is 24.5 Å². The number of furan rings is 1. The van der Waals surface area contributed by atoms with E-state index in [1.165, 1.54) is 6.26 Å². The lowest BCUT2D eigenvalue weighted by atomic mass is 10.1. The molecule has 0 saturated carbocycles. The van der Waals surface area contributed by atoms with E-state index in [0.29, 0.717) is 18.7 Å². The molecule has 0 bridgehead atoms. The molecule has 0 aromatic carbocycles. The van der Waals surface area contributed by atoms with E-state index >= 15 is 0 Å². The summed E-state index contributed by atoms with van der Waals surface area (Å²) >= 11 is 0. The molecule has 4 N–H and O–H groups in total. The minimum absolute atomic E-state index is 0.304. The van der Waals surface area contributed by atoms with Crippen molar-refractivity contribution in [3.63, 3.8) is 0 Å². The van der Waals surface area contributed by atoms with Gasteiger partial charge in [0.1, 0.15) is 11.7 Å². The maximum Gasteiger partial charge on any atom is 0.400 e. The second-order valence-corrected chi connectivity index (χ2v) is 3.65. The van der Waals surface area contributed by atoms with Crippen molar-refractivity contribution in [1.29, 1.82) is 0 Å². The van der Waals surface area contributed by atoms with E-state index in [2.05, 4.69) is 10.5 Å². The predicted octanol–water partition coefficient (Wildman–Crippen LogP) is 1.34. The normalized spacial score (nSPS) is 14.7. The summed E-state index contributed by atoms with van der Waals surface area (Å²) in [5.41, 5.74) is 5.00. The van der Waals surface area contributed by atoms with Crippen molar-refractivity contribution in [3.8, 4) is 0 Å². The Morgan fingerprint density at radius 1 is 1.56 bits per heavy atom. The molecule has 1 unspecified atom stereocenters. The number of rotatable bonds is 6. The van der Waals surface area contributed by atoms with Crippen LogP contribution in [0.25, 0.3) is 0 Å². The Bertz CT molecular complexity index is 376. The Kier molecular flexibility index (Phi) is 5.02. The van der Waals surface area contributed by atoms with Gasteiger partial charge in [-0.3, -0.25) is 0 Å². The first kappa shape index (κ1) is 14.4. The molecule has 0 aliphatic rings. The van der Waals surface area contributed by atoms with Crippen molar-refractivity contribution in [1.82, 2.24) is 5.32 Å². The lowest BCUT2D eigenvalue weighted by Gasteiger charge is -2.19. The highest BCUT2D eigenvalue weighted by atomic mass is 19.4. The fourth-order valence-corrected chi connectivity index (χ4v) is 1.37. The van der Waals surface area contributed by atoms with E-state index in [4.69, 9.17) is 15.4 Å². The summed E-state index contributed by atoms with van der Waals surface area (Å²) in [7, 11) is 0. The largest absolute Gasteiger partial charge is 0.469 e. The molecule has 0 amide bonds. The molecule has 8 heteroatoms. The lowest BCUT2D eigenvalue weighted by Crippen LogP contribution is -2.43. The van der Waals surface area contributed by atoms with Crippen molar-refractivity contribution >= 4 is 5.84 Å². The highest BCUT2D eigenvalue weighted by Gasteiger charge is 2.42. The van der Waals surface area contributed by atoms with E-state index in [1.807, 2.05) is 0 Å². The van der Waals surface area contributed by atoms with Crippen LogP contribution in [0.4, 0.5) is 13.2 Å². The van der Waals surface area contributed by atoms with Crippen LogP contribution < -0.4 is 11.1 Å². The second-order valence-electron chi connectivity index (χ2n) is 3.65. The van der Waals surface area contributed by atoms with Gasteiger partial charge >= 0.3 is 6.18 Å². The molecule has 1 rings (SSSR count). The third kappa shape index (κ3) is 4.28. The van der Waals surface area contributed by atoms with Crippen LogP contribution in [0.15, 0.2) is 28.0 Å². The molecule has 1 atom stereocenters. The highest BCUT2D eigenvalue weighted by molar-refractivity contribution is 5.83. The maximum atomic E-state index is 12.5. The van der Waals surface area contributed by atoms with Crippen LogP contribution in [0.5, 0.6) is 0 Å². The van der Waals surface area contributed by atoms with Crippen LogP contribution in [-0.4, -0.2) is 30.3 Å². The van der Waals surface area contributed by atoms with Crippen LogP contribution in [-0.2, 0) is 6.42 Å². The molecular weight excluding hydrogens is 251 g/mol. The van der Waals surface area contributed by atoms with Crippen LogP contribution in [0.1, 0.15) is 5.76 Å². The molecule has 18 heavy (non-hydrogen) atoms. The van der Waals surface area contributed by atoms with Gasteiger partial charge in [0.15, 0.2) is 5.84 Å². The Hall–Kier alpha value is -1.70. The van der Waals surface area contributed by atoms with E-state index in [9.17, 15) is 13.2 Å². The first-order valence-electron chi connectivity index (χ1n) is 5.22. The first-order valence-corrected chi connectivity index (χ1v) is 5.22. The van der Waals surface area contributed by atoms with Gasteiger partial charge in [0.2, 0.25) is 0 Å². The van der Waals surface area contributed by atoms with Gasteiger partial charge in [-0.1, -0.05) is 5.16 Å². The zero-order chi connectivity index (χ0) is 13.6. The SMILES string of the molecule is N/C(=N/O)C(CNCCc1ccco1)C(F)(F)F. The third-order valence-electron chi connectivity index (χ3n) is 2.34. The van der Waals surface area contributed by atoms with Crippen molar-refractivity contribution in [3.05, 3.63) is 24.2 Å². The van der Waals surface area contributed by atoms with Gasteiger partial charge < -0.3 is 20.7 Å². The predicted molar refractivity (Wildman–Crippen MR) is 58.2 cm³/mol. The van der Waals surface area contributed by atoms with Gasteiger partial charge in [-0.15, -0.1) is 0 Å². The smallest absolute Gasteiger partial charge is 0.400 e. The van der Waals surface area contributed by atoms with E-state index in [0.717, 1.165) is 0 Å². The first-order chi connectivity index (χ1) is 8.45. The monoisotopic (exact) mass is 265 g/mol. The number of oxime groups is 1. The molecule has 0 spiro atoms. The van der Waals surface area contributed by atoms with Crippen LogP contribution in [0.3, 0.4) is 0 Å². The Morgan fingerprint density at radius 3 is 2.78 bits per heavy atom. The van der Waals surface area contributed by atoms with Crippen molar-refractivity contribution in [2.75, 3.05) is 13.1 Å². The molecule has 5 nitrogen and oxygen atoms in total. The zero-order valence-electron chi connectivity index (χ0n) is 9.44. The van der Waals surface area contributed by atoms with Crippen molar-refractivity contribution in [2.24, 2.45) is 16.8 Å². The minimum atomic E-state index is -4.55. The number of alkyl halides is 3. The topological polar surface area (TPSA) is 83.8 Å². The molecule has 0 saturated heterocycles. The van der Waals surface area contributed by atoms with Crippen LogP contribution in [0.2, 0.25) is 0 Å². The van der Waals surface area contributed by atoms with Gasteiger partial charge in [-0.25, -0.2) is 0 Å². The molecule has 1 aromatic heterocycles. The van der Waals surface area contributed by atoms with Crippen LogP contribution >= 0.6 is 0 Å². The van der Waals surface area contributed by atoms with Crippen molar-refractivity contribution in [2.45, 2.75) is 12.6 Å². The van der Waals surface area contributed by atoms with Gasteiger partial charge in [0, 0.05) is 19.5 Å². The summed E-state index contributed by atoms with van der Waals surface area (Å²) in [6, 6.07) is 3.43. The summed E-state index contributed by atoms with van der Waals surface area (Å²) in [6.45, 7) is -0.140. The number of hydrogen-bond acceptors (Lipinski definition) is 4. The molecular formula is C10H14F3N3O2. The summed E-state index contributed by atoms with van der Waals surface area (Å²) in [5, 5.41) is 13.3. The van der Waals surface area contributed by atoms with Crippen molar-refractivity contribution < 1.29 is 22.8 Å². The average Bonchev–Trinajstić information content (AvgIpc) is 2.79. The quantitative estimate of drug-likeness (QED) is 0.238. The summed E-state index contributed by atoms with van der Waals surface area (Å²) in [5.74, 6) is -2.18. The molecule has 0 fully saturated rings. The van der Waals surface area contributed by atoms with Gasteiger partial charge in [0.25, 0.3) is 0 Å². The number of halogens is 3. The second kappa shape index (κ2) is 6.29. The number of nitrogens with two attached hydrogens (primary N) is 1. The molecule has 1 heterocycles. The van der Waals surface area contributed by atoms with E-state index in [1.54, 1.807) is 12.1 Å². The zero-order valence-corrected chi connectivity index (χ0v) is 9.44. The summed E-state index contributed by atoms with van der Waals surface area (Å²) in [4.78, 5) is 0. The van der Waals surface area contributed by atoms with E-state index in [-0.39, 0.29) is 0 Å². The number of nitrogens with zero attached hydrogens (tertiary/aromatic N) is 1. The fraction of sp³-hybridized carbons (Fsp3) is 0.500. The molecule has 0 aliphatic carbocycles. The standard InChI is InChI=1S/C10H14F3N3O2/c11-10(12,13)8(9(14)16-17)6-15-4-3-7-2-1-5-18-7/h1-2,5,8,15,17H,3-4,6H2,(H2,14,16). The molecule has 0 radical (unpaired) electrons. The average molecular weight is 265 g/mol. The summed E-state index contributed by atoms with van der Waals surface area (Å²) < 4.78 is 42.6. The van der Waals surface area contributed by atoms with Gasteiger partial charge in [0.05, 0.1) is 6.26 Å². The Labute approximate surface area is 101 Å². The molecule has 102 valence electrons. The molecule has 0 aliphatic heterocycles. The Morgan fingerprint density at radius 2 is 2.28 bits per heavy atom. The molecule has 1 aromatic rings. The highest BCUT2D eigenvalue weighted by Crippen LogP contribution is 2.25. The maximum absolute atomic E-state index is 12.5. The number of nitrogens with one attached hydrogen (secondary N) is 1. The minimum Gasteiger partial charge on any atom is -0.469 e. The van der Waals surface area contributed by atoms with Gasteiger partial charge in [-0.2, -0.15) is 13.2 Å².